The van der Waals surface area contributed by atoms with E-state index in [0.29, 0.717) is 25.2 Å². The largest absolute Gasteiger partial charge is 0.481 e. The molecule has 0 saturated carbocycles. The zero-order valence-electron chi connectivity index (χ0n) is 18.2. The molecule has 1 saturated heterocycles. The van der Waals surface area contributed by atoms with Crippen LogP contribution >= 0.6 is 0 Å². The maximum Gasteiger partial charge on any atom is 0.303 e. The van der Waals surface area contributed by atoms with Gasteiger partial charge in [-0.15, -0.1) is 0 Å². The number of hydrogen-bond acceptors (Lipinski definition) is 5. The number of nitrogen functional groups attached to an aromatic ring is 1. The first-order valence-corrected chi connectivity index (χ1v) is 10.9. The summed E-state index contributed by atoms with van der Waals surface area (Å²) in [7, 11) is 0. The van der Waals surface area contributed by atoms with E-state index in [1.54, 1.807) is 12.1 Å². The third kappa shape index (κ3) is 9.16. The standard InChI is InChI=1S/C14H20N2O.C10H11NO4/c15-13-8-6-12(7-9-13)4-3-5-14(17)16-10-1-2-11-16;12-10(13)3-1-2-8-4-6-9(7-5-8)11(14)15/h6-9H,1-5,10-11,15H2;4-7H,1-3H2,(H,12,13). The fourth-order valence-electron chi connectivity index (χ4n) is 3.48. The van der Waals surface area contributed by atoms with Crippen molar-refractivity contribution in [1.82, 2.24) is 4.90 Å². The number of likely N-dealkylation sites (tertiary alicyclic amines) is 1. The number of hydrogen-bond donors (Lipinski definition) is 2. The molecule has 0 aliphatic carbocycles. The average molecular weight is 442 g/mol. The van der Waals surface area contributed by atoms with Crippen molar-refractivity contribution in [3.8, 4) is 0 Å². The number of benzene rings is 2. The van der Waals surface area contributed by atoms with E-state index in [2.05, 4.69) is 0 Å². The Bertz CT molecular complexity index is 876. The van der Waals surface area contributed by atoms with Gasteiger partial charge in [0.15, 0.2) is 0 Å². The number of rotatable bonds is 9. The van der Waals surface area contributed by atoms with Crippen molar-refractivity contribution in [3.63, 3.8) is 0 Å². The van der Waals surface area contributed by atoms with Gasteiger partial charge in [0.2, 0.25) is 5.91 Å². The summed E-state index contributed by atoms with van der Waals surface area (Å²) in [6.07, 6.45) is 6.20. The summed E-state index contributed by atoms with van der Waals surface area (Å²) in [5.41, 5.74) is 8.65. The molecule has 0 atom stereocenters. The Morgan fingerprint density at radius 1 is 0.906 bits per heavy atom. The van der Waals surface area contributed by atoms with Crippen LogP contribution in [0, 0.1) is 10.1 Å². The minimum absolute atomic E-state index is 0.0528. The van der Waals surface area contributed by atoms with Crippen LogP contribution in [0.2, 0.25) is 0 Å². The molecule has 2 aromatic rings. The number of carbonyl (C=O) groups is 2. The van der Waals surface area contributed by atoms with Crippen molar-refractivity contribution in [1.29, 1.82) is 0 Å². The van der Waals surface area contributed by atoms with E-state index < -0.39 is 10.9 Å². The Labute approximate surface area is 188 Å². The molecule has 0 unspecified atom stereocenters. The number of carboxylic acids is 1. The van der Waals surface area contributed by atoms with Gasteiger partial charge in [-0.2, -0.15) is 0 Å². The second kappa shape index (κ2) is 13.1. The van der Waals surface area contributed by atoms with Crippen molar-refractivity contribution < 1.29 is 19.6 Å². The van der Waals surface area contributed by atoms with Gasteiger partial charge in [-0.25, -0.2) is 0 Å². The molecule has 172 valence electrons. The number of non-ortho nitro benzene ring substituents is 1. The average Bonchev–Trinajstić information content (AvgIpc) is 3.31. The van der Waals surface area contributed by atoms with Crippen molar-refractivity contribution in [3.05, 3.63) is 69.8 Å². The van der Waals surface area contributed by atoms with Gasteiger partial charge in [-0.1, -0.05) is 24.3 Å². The van der Waals surface area contributed by atoms with Crippen molar-refractivity contribution in [2.45, 2.75) is 51.4 Å². The maximum atomic E-state index is 11.8. The van der Waals surface area contributed by atoms with Gasteiger partial charge in [-0.3, -0.25) is 19.7 Å². The number of carbonyl (C=O) groups excluding carboxylic acids is 1. The SMILES string of the molecule is Nc1ccc(CCCC(=O)N2CCCC2)cc1.O=C(O)CCCc1ccc([N+](=O)[O-])cc1. The van der Waals surface area contributed by atoms with Gasteiger partial charge >= 0.3 is 5.97 Å². The lowest BCUT2D eigenvalue weighted by Crippen LogP contribution is -2.27. The second-order valence-electron chi connectivity index (χ2n) is 7.85. The van der Waals surface area contributed by atoms with Crippen LogP contribution in [0.1, 0.15) is 49.7 Å². The molecule has 8 nitrogen and oxygen atoms in total. The van der Waals surface area contributed by atoms with E-state index in [9.17, 15) is 19.7 Å². The van der Waals surface area contributed by atoms with Crippen LogP contribution in [0.5, 0.6) is 0 Å². The Hall–Kier alpha value is -3.42. The van der Waals surface area contributed by atoms with E-state index in [0.717, 1.165) is 37.2 Å². The van der Waals surface area contributed by atoms with Crippen molar-refractivity contribution in [2.24, 2.45) is 0 Å². The van der Waals surface area contributed by atoms with Gasteiger partial charge < -0.3 is 15.7 Å². The molecule has 0 aromatic heterocycles. The van der Waals surface area contributed by atoms with Gasteiger partial charge in [-0.05, 0) is 61.8 Å². The zero-order valence-corrected chi connectivity index (χ0v) is 18.2. The minimum atomic E-state index is -0.822. The topological polar surface area (TPSA) is 127 Å². The number of carboxylic acid groups (broad SMARTS) is 1. The summed E-state index contributed by atoms with van der Waals surface area (Å²) in [6, 6.07) is 14.1. The lowest BCUT2D eigenvalue weighted by Gasteiger charge is -2.14. The third-order valence-corrected chi connectivity index (χ3v) is 5.30. The number of nitro groups is 1. The molecule has 8 heteroatoms. The molecule has 2 aromatic carbocycles. The smallest absolute Gasteiger partial charge is 0.303 e. The Morgan fingerprint density at radius 3 is 1.91 bits per heavy atom. The van der Waals surface area contributed by atoms with E-state index in [1.807, 2.05) is 29.2 Å². The number of aliphatic carboxylic acids is 1. The van der Waals surface area contributed by atoms with Crippen LogP contribution in [-0.2, 0) is 22.4 Å². The Kier molecular flexibility index (Phi) is 10.2. The predicted octanol–water partition coefficient (Wildman–Crippen LogP) is 4.22. The summed E-state index contributed by atoms with van der Waals surface area (Å²) in [6.45, 7) is 1.92. The highest BCUT2D eigenvalue weighted by molar-refractivity contribution is 5.76. The van der Waals surface area contributed by atoms with Crippen LogP contribution < -0.4 is 5.73 Å². The van der Waals surface area contributed by atoms with Gasteiger partial charge in [0.1, 0.15) is 0 Å². The number of aryl methyl sites for hydroxylation is 2. The Morgan fingerprint density at radius 2 is 1.41 bits per heavy atom. The molecule has 3 N–H and O–H groups in total. The number of nitrogens with zero attached hydrogens (tertiary/aromatic N) is 2. The highest BCUT2D eigenvalue weighted by atomic mass is 16.6. The molecule has 1 heterocycles. The fourth-order valence-corrected chi connectivity index (χ4v) is 3.48. The highest BCUT2D eigenvalue weighted by Gasteiger charge is 2.16. The highest BCUT2D eigenvalue weighted by Crippen LogP contribution is 2.14. The molecule has 1 aliphatic rings. The number of nitrogens with two attached hydrogens (primary N) is 1. The lowest BCUT2D eigenvalue weighted by atomic mass is 10.1. The summed E-state index contributed by atoms with van der Waals surface area (Å²) in [5.74, 6) is -0.505. The van der Waals surface area contributed by atoms with E-state index in [4.69, 9.17) is 10.8 Å². The first-order valence-electron chi connectivity index (χ1n) is 10.9. The van der Waals surface area contributed by atoms with Gasteiger partial charge in [0, 0.05) is 43.8 Å². The predicted molar refractivity (Wildman–Crippen MR) is 123 cm³/mol. The van der Waals surface area contributed by atoms with E-state index in [-0.39, 0.29) is 12.1 Å². The quantitative estimate of drug-likeness (QED) is 0.341. The molecule has 1 fully saturated rings. The molecular weight excluding hydrogens is 410 g/mol. The van der Waals surface area contributed by atoms with Gasteiger partial charge in [0.25, 0.3) is 5.69 Å². The molecule has 0 bridgehead atoms. The van der Waals surface area contributed by atoms with Crippen molar-refractivity contribution in [2.75, 3.05) is 18.8 Å². The second-order valence-corrected chi connectivity index (χ2v) is 7.85. The number of amides is 1. The van der Waals surface area contributed by atoms with Gasteiger partial charge in [0.05, 0.1) is 4.92 Å². The van der Waals surface area contributed by atoms with Crippen LogP contribution in [0.4, 0.5) is 11.4 Å². The molecule has 0 radical (unpaired) electrons. The maximum absolute atomic E-state index is 11.8. The molecule has 3 rings (SSSR count). The summed E-state index contributed by atoms with van der Waals surface area (Å²) >= 11 is 0. The summed E-state index contributed by atoms with van der Waals surface area (Å²) in [4.78, 5) is 33.9. The first-order chi connectivity index (χ1) is 15.3. The zero-order chi connectivity index (χ0) is 23.3. The van der Waals surface area contributed by atoms with Crippen LogP contribution in [0.15, 0.2) is 48.5 Å². The van der Waals surface area contributed by atoms with Crippen molar-refractivity contribution >= 4 is 23.3 Å². The lowest BCUT2D eigenvalue weighted by molar-refractivity contribution is -0.384. The van der Waals surface area contributed by atoms with Crippen LogP contribution in [0.25, 0.3) is 0 Å². The normalized spacial score (nSPS) is 12.7. The Balaban J connectivity index is 0.000000229. The monoisotopic (exact) mass is 441 g/mol. The van der Waals surface area contributed by atoms with Crippen LogP contribution in [0.3, 0.4) is 0 Å². The third-order valence-electron chi connectivity index (χ3n) is 5.30. The summed E-state index contributed by atoms with van der Waals surface area (Å²) in [5, 5.41) is 18.8. The first kappa shape index (κ1) is 24.8. The molecule has 32 heavy (non-hydrogen) atoms. The van der Waals surface area contributed by atoms with E-state index >= 15 is 0 Å². The molecule has 0 spiro atoms. The van der Waals surface area contributed by atoms with E-state index in [1.165, 1.54) is 30.5 Å². The summed E-state index contributed by atoms with van der Waals surface area (Å²) < 4.78 is 0. The molecular formula is C24H31N3O5. The number of nitro benzene ring substituents is 1. The number of anilines is 1. The molecule has 1 aliphatic heterocycles. The molecule has 1 amide bonds. The van der Waals surface area contributed by atoms with Crippen LogP contribution in [-0.4, -0.2) is 39.9 Å². The minimum Gasteiger partial charge on any atom is -0.481 e. The fraction of sp³-hybridized carbons (Fsp3) is 0.417.